The maximum absolute atomic E-state index is 13.6. The molecule has 3 aromatic rings. The van der Waals surface area contributed by atoms with Gasteiger partial charge in [0.05, 0.1) is 0 Å². The van der Waals surface area contributed by atoms with E-state index in [1.165, 1.54) is 23.0 Å². The van der Waals surface area contributed by atoms with Crippen molar-refractivity contribution in [3.8, 4) is 5.75 Å². The number of aromatic nitrogens is 1. The third kappa shape index (κ3) is 5.90. The third-order valence-corrected chi connectivity index (χ3v) is 8.43. The van der Waals surface area contributed by atoms with Gasteiger partial charge in [-0.1, -0.05) is 24.3 Å². The third-order valence-electron chi connectivity index (χ3n) is 7.50. The zero-order chi connectivity index (χ0) is 25.1. The second-order valence-corrected chi connectivity index (χ2v) is 11.2. The molecule has 1 amide bonds. The molecule has 0 unspecified atom stereocenters. The van der Waals surface area contributed by atoms with Crippen LogP contribution in [0.1, 0.15) is 49.7 Å². The summed E-state index contributed by atoms with van der Waals surface area (Å²) < 4.78 is 19.1. The Morgan fingerprint density at radius 1 is 1.23 bits per heavy atom. The van der Waals surface area contributed by atoms with Gasteiger partial charge in [0, 0.05) is 40.3 Å². The van der Waals surface area contributed by atoms with Crippen molar-refractivity contribution in [2.45, 2.75) is 58.5 Å². The molecular weight excluding hydrogens is 461 g/mol. The largest absolute Gasteiger partial charge is 0.412 e. The Balaban J connectivity index is 1.52. The summed E-state index contributed by atoms with van der Waals surface area (Å²) in [6.07, 6.45) is 4.05. The zero-order valence-electron chi connectivity index (χ0n) is 20.9. The summed E-state index contributed by atoms with van der Waals surface area (Å²) in [6.45, 7) is 10.2. The Morgan fingerprint density at radius 3 is 2.66 bits per heavy atom. The summed E-state index contributed by atoms with van der Waals surface area (Å²) >= 11 is 1.20. The Bertz CT molecular complexity index is 1130. The van der Waals surface area contributed by atoms with E-state index < -0.39 is 6.09 Å². The van der Waals surface area contributed by atoms with E-state index >= 15 is 0 Å². The van der Waals surface area contributed by atoms with Crippen molar-refractivity contribution in [3.05, 3.63) is 82.1 Å². The highest BCUT2D eigenvalue weighted by molar-refractivity contribution is 7.10. The molecule has 0 spiro atoms. The first-order valence-corrected chi connectivity index (χ1v) is 13.0. The first-order valence-electron chi connectivity index (χ1n) is 12.1. The second-order valence-electron chi connectivity index (χ2n) is 10.1. The molecule has 0 radical (unpaired) electrons. The second kappa shape index (κ2) is 10.5. The molecule has 2 atom stereocenters. The Labute approximate surface area is 211 Å². The summed E-state index contributed by atoms with van der Waals surface area (Å²) in [4.78, 5) is 20.8. The summed E-state index contributed by atoms with van der Waals surface area (Å²) in [5, 5.41) is 2.94. The Morgan fingerprint density at radius 2 is 2.00 bits per heavy atom. The van der Waals surface area contributed by atoms with Crippen molar-refractivity contribution < 1.29 is 13.9 Å². The van der Waals surface area contributed by atoms with Crippen LogP contribution in [0.25, 0.3) is 0 Å². The Kier molecular flexibility index (Phi) is 7.57. The van der Waals surface area contributed by atoms with Gasteiger partial charge in [0.15, 0.2) is 5.13 Å². The number of ether oxygens (including phenoxy) is 1. The van der Waals surface area contributed by atoms with Crippen LogP contribution in [0.15, 0.2) is 60.8 Å². The molecule has 186 valence electrons. The van der Waals surface area contributed by atoms with Crippen LogP contribution in [0, 0.1) is 17.5 Å². The number of hydrogen-bond donors (Lipinski definition) is 1. The van der Waals surface area contributed by atoms with E-state index in [-0.39, 0.29) is 22.1 Å². The number of likely N-dealkylation sites (tertiary alicyclic amines) is 1. The van der Waals surface area contributed by atoms with Gasteiger partial charge in [0.25, 0.3) is 0 Å². The predicted octanol–water partition coefficient (Wildman–Crippen LogP) is 6.33. The number of carbonyl (C=O) groups is 1. The molecule has 35 heavy (non-hydrogen) atoms. The first-order chi connectivity index (χ1) is 16.7. The number of pyridine rings is 1. The van der Waals surface area contributed by atoms with E-state index in [4.69, 9.17) is 4.74 Å². The average molecular weight is 496 g/mol. The molecule has 5 nitrogen and oxygen atoms in total. The SMILES string of the molecule is Cc1ccc(C(C)(C)N2CC[C@@](CCc3ccc(F)s3)([C@@H](C)NC(=O)Oc3ccccc3)C2)cn1. The minimum absolute atomic E-state index is 0.125. The van der Waals surface area contributed by atoms with Gasteiger partial charge in [0.2, 0.25) is 0 Å². The van der Waals surface area contributed by atoms with Gasteiger partial charge in [-0.15, -0.1) is 11.3 Å². The minimum atomic E-state index is -0.453. The number of carbonyl (C=O) groups excluding carboxylic acids is 1. The molecular formula is C28H34FN3O2S. The zero-order valence-corrected chi connectivity index (χ0v) is 21.7. The molecule has 1 aliphatic rings. The maximum atomic E-state index is 13.6. The lowest BCUT2D eigenvalue weighted by Crippen LogP contribution is -2.50. The van der Waals surface area contributed by atoms with Gasteiger partial charge < -0.3 is 10.1 Å². The highest BCUT2D eigenvalue weighted by atomic mass is 32.1. The lowest BCUT2D eigenvalue weighted by atomic mass is 9.76. The van der Waals surface area contributed by atoms with Crippen LogP contribution in [0.4, 0.5) is 9.18 Å². The number of aryl methyl sites for hydroxylation is 2. The number of rotatable bonds is 8. The van der Waals surface area contributed by atoms with Crippen LogP contribution in [-0.2, 0) is 12.0 Å². The lowest BCUT2D eigenvalue weighted by Gasteiger charge is -2.40. The van der Waals surface area contributed by atoms with E-state index in [0.29, 0.717) is 5.75 Å². The van der Waals surface area contributed by atoms with E-state index in [2.05, 4.69) is 48.1 Å². The summed E-state index contributed by atoms with van der Waals surface area (Å²) in [5.41, 5.74) is 1.79. The normalized spacial score (nSPS) is 19.5. The molecule has 0 aliphatic carbocycles. The van der Waals surface area contributed by atoms with Crippen molar-refractivity contribution in [3.63, 3.8) is 0 Å². The van der Waals surface area contributed by atoms with Crippen LogP contribution in [0.2, 0.25) is 0 Å². The van der Waals surface area contributed by atoms with Crippen molar-refractivity contribution in [1.29, 1.82) is 0 Å². The monoisotopic (exact) mass is 495 g/mol. The topological polar surface area (TPSA) is 54.5 Å². The molecule has 1 aliphatic heterocycles. The number of thiophene rings is 1. The molecule has 1 saturated heterocycles. The van der Waals surface area contributed by atoms with Gasteiger partial charge in [-0.2, -0.15) is 4.39 Å². The van der Waals surface area contributed by atoms with E-state index in [0.717, 1.165) is 42.9 Å². The van der Waals surface area contributed by atoms with Crippen LogP contribution < -0.4 is 10.1 Å². The molecule has 7 heteroatoms. The van der Waals surface area contributed by atoms with E-state index in [1.54, 1.807) is 12.1 Å². The predicted molar refractivity (Wildman–Crippen MR) is 138 cm³/mol. The molecule has 0 saturated carbocycles. The molecule has 4 rings (SSSR count). The van der Waals surface area contributed by atoms with Crippen molar-refractivity contribution in [1.82, 2.24) is 15.2 Å². The molecule has 1 aromatic carbocycles. The first kappa shape index (κ1) is 25.3. The number of amides is 1. The highest BCUT2D eigenvalue weighted by Gasteiger charge is 2.47. The van der Waals surface area contributed by atoms with Crippen molar-refractivity contribution >= 4 is 17.4 Å². The molecule has 1 fully saturated rings. The molecule has 0 bridgehead atoms. The smallest absolute Gasteiger partial charge is 0.410 e. The summed E-state index contributed by atoms with van der Waals surface area (Å²) in [5.74, 6) is 0.515. The number of benzene rings is 1. The average Bonchev–Trinajstić information content (AvgIpc) is 3.46. The van der Waals surface area contributed by atoms with Gasteiger partial charge in [0.1, 0.15) is 5.75 Å². The Hall–Kier alpha value is -2.77. The number of nitrogens with zero attached hydrogens (tertiary/aromatic N) is 2. The van der Waals surface area contributed by atoms with Gasteiger partial charge >= 0.3 is 6.09 Å². The standard InChI is InChI=1S/C28H34FN3O2S/c1-20-10-11-22(18-30-20)27(3,4)32-17-16-28(19-32,15-14-24-12-13-25(29)35-24)21(2)31-26(33)34-23-8-6-5-7-9-23/h5-13,18,21H,14-17,19H2,1-4H3,(H,31,33)/t21-,28-/m1/s1. The minimum Gasteiger partial charge on any atom is -0.410 e. The summed E-state index contributed by atoms with van der Waals surface area (Å²) in [6, 6.07) is 16.6. The number of para-hydroxylation sites is 1. The highest BCUT2D eigenvalue weighted by Crippen LogP contribution is 2.44. The van der Waals surface area contributed by atoms with E-state index in [9.17, 15) is 9.18 Å². The van der Waals surface area contributed by atoms with Crippen LogP contribution >= 0.6 is 11.3 Å². The van der Waals surface area contributed by atoms with Crippen molar-refractivity contribution in [2.75, 3.05) is 13.1 Å². The van der Waals surface area contributed by atoms with Gasteiger partial charge in [-0.3, -0.25) is 9.88 Å². The fourth-order valence-corrected chi connectivity index (χ4v) is 5.70. The maximum Gasteiger partial charge on any atom is 0.412 e. The fraction of sp³-hybridized carbons (Fsp3) is 0.429. The molecule has 2 aromatic heterocycles. The summed E-state index contributed by atoms with van der Waals surface area (Å²) in [7, 11) is 0. The van der Waals surface area contributed by atoms with Crippen molar-refractivity contribution in [2.24, 2.45) is 5.41 Å². The number of nitrogens with one attached hydrogen (secondary N) is 1. The molecule has 3 heterocycles. The molecule has 1 N–H and O–H groups in total. The fourth-order valence-electron chi connectivity index (χ4n) is 4.97. The number of halogens is 1. The lowest BCUT2D eigenvalue weighted by molar-refractivity contribution is 0.110. The van der Waals surface area contributed by atoms with E-state index in [1.807, 2.05) is 37.4 Å². The van der Waals surface area contributed by atoms with Crippen LogP contribution in [-0.4, -0.2) is 35.1 Å². The van der Waals surface area contributed by atoms with Crippen LogP contribution in [0.3, 0.4) is 0 Å². The van der Waals surface area contributed by atoms with Crippen LogP contribution in [0.5, 0.6) is 5.75 Å². The quantitative estimate of drug-likeness (QED) is 0.397. The van der Waals surface area contributed by atoms with Gasteiger partial charge in [-0.05, 0) is 89.4 Å². The van der Waals surface area contributed by atoms with Gasteiger partial charge in [-0.25, -0.2) is 4.79 Å². The number of hydrogen-bond acceptors (Lipinski definition) is 5.